The number of benzene rings is 1. The lowest BCUT2D eigenvalue weighted by molar-refractivity contribution is 0.260. The van der Waals surface area contributed by atoms with Gasteiger partial charge < -0.3 is 4.74 Å². The first-order valence-electron chi connectivity index (χ1n) is 5.35. The highest BCUT2D eigenvalue weighted by atomic mass is 16.5. The number of hydrogen-bond donors (Lipinski definition) is 0. The summed E-state index contributed by atoms with van der Waals surface area (Å²) in [7, 11) is 0. The number of para-hydroxylation sites is 1. The molecule has 0 aliphatic heterocycles. The molecule has 0 N–H and O–H groups in total. The van der Waals surface area contributed by atoms with Crippen LogP contribution in [0.5, 0.6) is 5.75 Å². The van der Waals surface area contributed by atoms with Gasteiger partial charge in [0.2, 0.25) is 0 Å². The highest BCUT2D eigenvalue weighted by Gasteiger charge is 2.06. The molecule has 84 valence electrons. The fourth-order valence-electron chi connectivity index (χ4n) is 1.28. The SMILES string of the molecule is C=C/C=C\C(=C)C(C)Oc1ccccc1C. The summed E-state index contributed by atoms with van der Waals surface area (Å²) < 4.78 is 5.82. The summed E-state index contributed by atoms with van der Waals surface area (Å²) in [5.41, 5.74) is 2.07. The molecule has 1 heteroatoms. The van der Waals surface area contributed by atoms with Crippen LogP contribution < -0.4 is 4.74 Å². The van der Waals surface area contributed by atoms with Crippen molar-refractivity contribution in [3.05, 3.63) is 66.8 Å². The standard InChI is InChI=1S/C15H18O/c1-5-6-9-12(2)14(4)16-15-11-8-7-10-13(15)3/h5-11,14H,1-2H2,3-4H3/b9-6-. The monoisotopic (exact) mass is 214 g/mol. The zero-order chi connectivity index (χ0) is 12.0. The van der Waals surface area contributed by atoms with Crippen LogP contribution >= 0.6 is 0 Å². The van der Waals surface area contributed by atoms with Crippen LogP contribution in [-0.4, -0.2) is 6.10 Å². The van der Waals surface area contributed by atoms with E-state index in [0.29, 0.717) is 0 Å². The zero-order valence-corrected chi connectivity index (χ0v) is 9.94. The van der Waals surface area contributed by atoms with Gasteiger partial charge in [-0.2, -0.15) is 0 Å². The molecule has 0 bridgehead atoms. The van der Waals surface area contributed by atoms with E-state index in [1.165, 1.54) is 0 Å². The lowest BCUT2D eigenvalue weighted by Crippen LogP contribution is -2.13. The van der Waals surface area contributed by atoms with Crippen molar-refractivity contribution in [3.8, 4) is 5.75 Å². The average Bonchev–Trinajstić information content (AvgIpc) is 2.28. The molecule has 1 nitrogen and oxygen atoms in total. The average molecular weight is 214 g/mol. The van der Waals surface area contributed by atoms with Crippen LogP contribution in [0, 0.1) is 6.92 Å². The van der Waals surface area contributed by atoms with Crippen molar-refractivity contribution in [2.75, 3.05) is 0 Å². The van der Waals surface area contributed by atoms with Gasteiger partial charge in [0.05, 0.1) is 0 Å². The molecule has 0 radical (unpaired) electrons. The summed E-state index contributed by atoms with van der Waals surface area (Å²) >= 11 is 0. The Balaban J connectivity index is 2.68. The molecule has 1 rings (SSSR count). The van der Waals surface area contributed by atoms with E-state index in [2.05, 4.69) is 13.2 Å². The fraction of sp³-hybridized carbons (Fsp3) is 0.200. The second-order valence-electron chi connectivity index (χ2n) is 3.70. The van der Waals surface area contributed by atoms with Gasteiger partial charge in [-0.05, 0) is 31.1 Å². The summed E-state index contributed by atoms with van der Waals surface area (Å²) in [5, 5.41) is 0. The van der Waals surface area contributed by atoms with E-state index in [4.69, 9.17) is 4.74 Å². The zero-order valence-electron chi connectivity index (χ0n) is 9.94. The predicted molar refractivity (Wildman–Crippen MR) is 69.7 cm³/mol. The highest BCUT2D eigenvalue weighted by Crippen LogP contribution is 2.19. The topological polar surface area (TPSA) is 9.23 Å². The van der Waals surface area contributed by atoms with Crippen molar-refractivity contribution in [2.45, 2.75) is 20.0 Å². The van der Waals surface area contributed by atoms with Gasteiger partial charge in [-0.1, -0.05) is 49.6 Å². The van der Waals surface area contributed by atoms with Gasteiger partial charge in [0.1, 0.15) is 11.9 Å². The Kier molecular flexibility index (Phi) is 4.59. The van der Waals surface area contributed by atoms with Crippen LogP contribution in [0.3, 0.4) is 0 Å². The molecular weight excluding hydrogens is 196 g/mol. The van der Waals surface area contributed by atoms with Crippen LogP contribution in [0.1, 0.15) is 12.5 Å². The van der Waals surface area contributed by atoms with Gasteiger partial charge in [-0.25, -0.2) is 0 Å². The first-order valence-corrected chi connectivity index (χ1v) is 5.35. The van der Waals surface area contributed by atoms with Gasteiger partial charge in [-0.3, -0.25) is 0 Å². The number of rotatable bonds is 5. The van der Waals surface area contributed by atoms with E-state index in [1.807, 2.05) is 50.3 Å². The van der Waals surface area contributed by atoms with Gasteiger partial charge in [0.25, 0.3) is 0 Å². The maximum Gasteiger partial charge on any atom is 0.123 e. The number of ether oxygens (including phenoxy) is 1. The van der Waals surface area contributed by atoms with E-state index in [0.717, 1.165) is 16.9 Å². The fourth-order valence-corrected chi connectivity index (χ4v) is 1.28. The second kappa shape index (κ2) is 5.96. The first kappa shape index (κ1) is 12.3. The van der Waals surface area contributed by atoms with E-state index in [-0.39, 0.29) is 6.10 Å². The van der Waals surface area contributed by atoms with Crippen molar-refractivity contribution < 1.29 is 4.74 Å². The molecule has 1 atom stereocenters. The van der Waals surface area contributed by atoms with Gasteiger partial charge in [0.15, 0.2) is 0 Å². The summed E-state index contributed by atoms with van der Waals surface area (Å²) in [4.78, 5) is 0. The minimum atomic E-state index is -0.0303. The molecule has 16 heavy (non-hydrogen) atoms. The lowest BCUT2D eigenvalue weighted by atomic mass is 10.1. The Morgan fingerprint density at radius 2 is 2.06 bits per heavy atom. The normalized spacial score (nSPS) is 12.4. The Morgan fingerprint density at radius 3 is 2.69 bits per heavy atom. The van der Waals surface area contributed by atoms with Gasteiger partial charge in [0, 0.05) is 0 Å². The first-order chi connectivity index (χ1) is 7.65. The quantitative estimate of drug-likeness (QED) is 0.672. The molecule has 0 saturated heterocycles. The molecule has 0 aromatic heterocycles. The maximum absolute atomic E-state index is 5.82. The molecule has 0 fully saturated rings. The molecular formula is C15H18O. The molecule has 0 spiro atoms. The third-order valence-electron chi connectivity index (χ3n) is 2.37. The Bertz CT molecular complexity index is 402. The van der Waals surface area contributed by atoms with Crippen molar-refractivity contribution in [2.24, 2.45) is 0 Å². The summed E-state index contributed by atoms with van der Waals surface area (Å²) in [6.45, 7) is 11.6. The summed E-state index contributed by atoms with van der Waals surface area (Å²) in [6, 6.07) is 7.97. The van der Waals surface area contributed by atoms with Crippen LogP contribution in [-0.2, 0) is 0 Å². The van der Waals surface area contributed by atoms with Crippen molar-refractivity contribution >= 4 is 0 Å². The van der Waals surface area contributed by atoms with Crippen molar-refractivity contribution in [1.29, 1.82) is 0 Å². The van der Waals surface area contributed by atoms with Crippen LogP contribution in [0.25, 0.3) is 0 Å². The molecule has 0 aliphatic carbocycles. The molecule has 0 aliphatic rings. The molecule has 0 saturated carbocycles. The Morgan fingerprint density at radius 1 is 1.38 bits per heavy atom. The summed E-state index contributed by atoms with van der Waals surface area (Å²) in [5.74, 6) is 0.906. The minimum Gasteiger partial charge on any atom is -0.486 e. The van der Waals surface area contributed by atoms with Crippen LogP contribution in [0.15, 0.2) is 61.2 Å². The largest absolute Gasteiger partial charge is 0.486 e. The maximum atomic E-state index is 5.82. The van der Waals surface area contributed by atoms with E-state index in [1.54, 1.807) is 6.08 Å². The smallest absolute Gasteiger partial charge is 0.123 e. The third-order valence-corrected chi connectivity index (χ3v) is 2.37. The van der Waals surface area contributed by atoms with Crippen LogP contribution in [0.4, 0.5) is 0 Å². The van der Waals surface area contributed by atoms with Gasteiger partial charge in [-0.15, -0.1) is 0 Å². The Hall–Kier alpha value is -1.76. The van der Waals surface area contributed by atoms with E-state index < -0.39 is 0 Å². The Labute approximate surface area is 97.8 Å². The summed E-state index contributed by atoms with van der Waals surface area (Å²) in [6.07, 6.45) is 5.47. The number of hydrogen-bond acceptors (Lipinski definition) is 1. The highest BCUT2D eigenvalue weighted by molar-refractivity contribution is 5.33. The molecule has 0 heterocycles. The molecule has 1 unspecified atom stereocenters. The van der Waals surface area contributed by atoms with Crippen LogP contribution in [0.2, 0.25) is 0 Å². The number of aryl methyl sites for hydroxylation is 1. The van der Waals surface area contributed by atoms with E-state index in [9.17, 15) is 0 Å². The molecule has 1 aromatic rings. The predicted octanol–water partition coefficient (Wildman–Crippen LogP) is 4.06. The minimum absolute atomic E-state index is 0.0303. The van der Waals surface area contributed by atoms with Gasteiger partial charge >= 0.3 is 0 Å². The van der Waals surface area contributed by atoms with E-state index >= 15 is 0 Å². The second-order valence-corrected chi connectivity index (χ2v) is 3.70. The molecule has 1 aromatic carbocycles. The number of allylic oxidation sites excluding steroid dienone is 2. The van der Waals surface area contributed by atoms with Crippen molar-refractivity contribution in [3.63, 3.8) is 0 Å². The lowest BCUT2D eigenvalue weighted by Gasteiger charge is -2.16. The van der Waals surface area contributed by atoms with Crippen molar-refractivity contribution in [1.82, 2.24) is 0 Å². The molecule has 0 amide bonds. The third kappa shape index (κ3) is 3.43.